The molecule has 3 heteroatoms. The highest BCUT2D eigenvalue weighted by Crippen LogP contribution is 2.01. The Hall–Kier alpha value is -0.180. The van der Waals surface area contributed by atoms with Crippen LogP contribution in [0.5, 0.6) is 0 Å². The van der Waals surface area contributed by atoms with Crippen molar-refractivity contribution in [2.75, 3.05) is 0 Å². The van der Waals surface area contributed by atoms with E-state index in [4.69, 9.17) is 0 Å². The van der Waals surface area contributed by atoms with Crippen LogP contribution in [0.25, 0.3) is 0 Å². The van der Waals surface area contributed by atoms with E-state index >= 15 is 0 Å². The average Bonchev–Trinajstić information content (AvgIpc) is 1.36. The Morgan fingerprint density at radius 3 is 1.83 bits per heavy atom. The van der Waals surface area contributed by atoms with Crippen LogP contribution >= 0.6 is 0 Å². The maximum Gasteiger partial charge on any atom is 0.258 e. The minimum absolute atomic E-state index is 0.324. The highest BCUT2D eigenvalue weighted by molar-refractivity contribution is 4.76. The van der Waals surface area contributed by atoms with Gasteiger partial charge in [0.15, 0.2) is 0 Å². The first-order valence-corrected chi connectivity index (χ1v) is 1.51. The Kier molecular flexibility index (Phi) is 2.01. The molecule has 0 fully saturated rings. The average molecular weight is 94.1 g/mol. The molecule has 0 aliphatic rings. The zero-order chi connectivity index (χ0) is 5.15. The summed E-state index contributed by atoms with van der Waals surface area (Å²) in [6.07, 6.45) is -2.45. The summed E-state index contributed by atoms with van der Waals surface area (Å²) >= 11 is 0. The van der Waals surface area contributed by atoms with Crippen molar-refractivity contribution in [1.82, 2.24) is 0 Å². The van der Waals surface area contributed by atoms with E-state index in [-0.39, 0.29) is 6.04 Å². The second kappa shape index (κ2) is 2.08. The molecule has 2 N–H and O–H groups in total. The number of rotatable bonds is 1. The SMILES string of the molecule is C[C](N)C(F)F. The van der Waals surface area contributed by atoms with Crippen LogP contribution in [0.4, 0.5) is 8.78 Å². The van der Waals surface area contributed by atoms with Crippen LogP contribution in [0.1, 0.15) is 6.92 Å². The van der Waals surface area contributed by atoms with Gasteiger partial charge in [0.05, 0.1) is 6.04 Å². The molecule has 0 saturated heterocycles. The van der Waals surface area contributed by atoms with E-state index < -0.39 is 6.43 Å². The molecular formula is C3H6F2N. The van der Waals surface area contributed by atoms with Crippen LogP contribution in [0.2, 0.25) is 0 Å². The van der Waals surface area contributed by atoms with Gasteiger partial charge < -0.3 is 5.73 Å². The highest BCUT2D eigenvalue weighted by Gasteiger charge is 2.07. The van der Waals surface area contributed by atoms with Crippen LogP contribution < -0.4 is 5.73 Å². The molecule has 0 atom stereocenters. The molecule has 0 rings (SSSR count). The van der Waals surface area contributed by atoms with E-state index in [0.717, 1.165) is 0 Å². The largest absolute Gasteiger partial charge is 0.319 e. The maximum absolute atomic E-state index is 11.0. The number of alkyl halides is 2. The quantitative estimate of drug-likeness (QED) is 0.510. The monoisotopic (exact) mass is 94.0 g/mol. The van der Waals surface area contributed by atoms with E-state index in [0.29, 0.717) is 0 Å². The van der Waals surface area contributed by atoms with E-state index in [1.165, 1.54) is 6.92 Å². The van der Waals surface area contributed by atoms with Gasteiger partial charge in [0, 0.05) is 0 Å². The van der Waals surface area contributed by atoms with Crippen molar-refractivity contribution in [3.8, 4) is 0 Å². The maximum atomic E-state index is 11.0. The molecule has 0 aromatic heterocycles. The third kappa shape index (κ3) is 2.08. The van der Waals surface area contributed by atoms with Crippen molar-refractivity contribution in [2.24, 2.45) is 5.73 Å². The van der Waals surface area contributed by atoms with E-state index in [1.54, 1.807) is 0 Å². The van der Waals surface area contributed by atoms with Gasteiger partial charge in [0.1, 0.15) is 0 Å². The van der Waals surface area contributed by atoms with E-state index in [1.807, 2.05) is 0 Å². The molecule has 1 radical (unpaired) electrons. The molecular weight excluding hydrogens is 88.0 g/mol. The minimum Gasteiger partial charge on any atom is -0.319 e. The highest BCUT2D eigenvalue weighted by atomic mass is 19.3. The Morgan fingerprint density at radius 1 is 1.67 bits per heavy atom. The summed E-state index contributed by atoms with van der Waals surface area (Å²) in [6.45, 7) is 1.19. The summed E-state index contributed by atoms with van der Waals surface area (Å²) in [5.41, 5.74) is 4.60. The topological polar surface area (TPSA) is 26.0 Å². The molecule has 0 spiro atoms. The first-order chi connectivity index (χ1) is 2.64. The van der Waals surface area contributed by atoms with Crippen molar-refractivity contribution in [1.29, 1.82) is 0 Å². The van der Waals surface area contributed by atoms with E-state index in [2.05, 4.69) is 5.73 Å². The Morgan fingerprint density at radius 2 is 1.83 bits per heavy atom. The van der Waals surface area contributed by atoms with Crippen molar-refractivity contribution in [3.05, 3.63) is 6.04 Å². The molecule has 1 nitrogen and oxygen atoms in total. The predicted octanol–water partition coefficient (Wildman–Crippen LogP) is 0.762. The molecule has 0 aliphatic heterocycles. The third-order valence-electron chi connectivity index (χ3n) is 0.344. The van der Waals surface area contributed by atoms with Crippen LogP contribution in [0, 0.1) is 6.04 Å². The van der Waals surface area contributed by atoms with Crippen molar-refractivity contribution < 1.29 is 8.78 Å². The summed E-state index contributed by atoms with van der Waals surface area (Å²) in [5.74, 6) is 0. The van der Waals surface area contributed by atoms with Crippen LogP contribution in [-0.4, -0.2) is 6.43 Å². The summed E-state index contributed by atoms with van der Waals surface area (Å²) < 4.78 is 22.0. The van der Waals surface area contributed by atoms with E-state index in [9.17, 15) is 8.78 Å². The number of nitrogens with two attached hydrogens (primary N) is 1. The Bertz CT molecular complexity index is 29.8. The zero-order valence-electron chi connectivity index (χ0n) is 3.41. The molecule has 0 unspecified atom stereocenters. The lowest BCUT2D eigenvalue weighted by Gasteiger charge is -1.96. The van der Waals surface area contributed by atoms with Gasteiger partial charge in [-0.2, -0.15) is 0 Å². The van der Waals surface area contributed by atoms with Gasteiger partial charge in [-0.3, -0.25) is 0 Å². The van der Waals surface area contributed by atoms with Crippen LogP contribution in [-0.2, 0) is 0 Å². The molecule has 6 heavy (non-hydrogen) atoms. The van der Waals surface area contributed by atoms with Crippen LogP contribution in [0.15, 0.2) is 0 Å². The van der Waals surface area contributed by atoms with Gasteiger partial charge in [-0.1, -0.05) is 0 Å². The predicted molar refractivity (Wildman–Crippen MR) is 19.1 cm³/mol. The molecule has 37 valence electrons. The van der Waals surface area contributed by atoms with Gasteiger partial charge in [-0.25, -0.2) is 8.78 Å². The molecule has 0 aliphatic carbocycles. The van der Waals surface area contributed by atoms with Gasteiger partial charge >= 0.3 is 0 Å². The first kappa shape index (κ1) is 5.82. The summed E-state index contributed by atoms with van der Waals surface area (Å²) in [7, 11) is 0. The fourth-order valence-corrected chi connectivity index (χ4v) is 0. The second-order valence-corrected chi connectivity index (χ2v) is 1.04. The molecule has 0 bridgehead atoms. The number of hydrogen-bond acceptors (Lipinski definition) is 1. The molecule has 0 aromatic carbocycles. The van der Waals surface area contributed by atoms with Crippen molar-refractivity contribution in [2.45, 2.75) is 13.3 Å². The Balaban J connectivity index is 2.99. The number of hydrogen-bond donors (Lipinski definition) is 1. The fourth-order valence-electron chi connectivity index (χ4n) is 0. The first-order valence-electron chi connectivity index (χ1n) is 1.51. The number of halogens is 2. The summed E-state index contributed by atoms with van der Waals surface area (Å²) in [5, 5.41) is 0. The summed E-state index contributed by atoms with van der Waals surface area (Å²) in [4.78, 5) is 0. The second-order valence-electron chi connectivity index (χ2n) is 1.04. The van der Waals surface area contributed by atoms with Gasteiger partial charge in [-0.15, -0.1) is 0 Å². The van der Waals surface area contributed by atoms with Gasteiger partial charge in [-0.05, 0) is 6.92 Å². The zero-order valence-corrected chi connectivity index (χ0v) is 3.41. The smallest absolute Gasteiger partial charge is 0.258 e. The lowest BCUT2D eigenvalue weighted by atomic mass is 10.4. The molecule has 0 amide bonds. The molecule has 0 aromatic rings. The minimum atomic E-state index is -2.45. The van der Waals surface area contributed by atoms with Crippen molar-refractivity contribution in [3.63, 3.8) is 0 Å². The lowest BCUT2D eigenvalue weighted by Crippen LogP contribution is -2.13. The molecule has 0 saturated carbocycles. The standard InChI is InChI=1S/C3H6F2N/c1-2(6)3(4)5/h3H,6H2,1H3. The van der Waals surface area contributed by atoms with Gasteiger partial charge in [0.2, 0.25) is 0 Å². The summed E-state index contributed by atoms with van der Waals surface area (Å²) in [6, 6.07) is -0.324. The van der Waals surface area contributed by atoms with Crippen molar-refractivity contribution >= 4 is 0 Å². The van der Waals surface area contributed by atoms with Gasteiger partial charge in [0.25, 0.3) is 6.43 Å². The third-order valence-corrected chi connectivity index (χ3v) is 0.344. The normalized spacial score (nSPS) is 11.0. The lowest BCUT2D eigenvalue weighted by molar-refractivity contribution is 0.162. The van der Waals surface area contributed by atoms with Crippen LogP contribution in [0.3, 0.4) is 0 Å². The Labute approximate surface area is 35.1 Å². The molecule has 0 heterocycles. The fraction of sp³-hybridized carbons (Fsp3) is 0.667.